The van der Waals surface area contributed by atoms with Crippen molar-refractivity contribution < 1.29 is 9.53 Å². The second kappa shape index (κ2) is 4.59. The summed E-state index contributed by atoms with van der Waals surface area (Å²) in [4.78, 5) is 22.2. The van der Waals surface area contributed by atoms with E-state index in [2.05, 4.69) is 25.9 Å². The van der Waals surface area contributed by atoms with E-state index in [1.165, 1.54) is 0 Å². The van der Waals surface area contributed by atoms with Crippen LogP contribution in [0.3, 0.4) is 0 Å². The van der Waals surface area contributed by atoms with Gasteiger partial charge in [0.1, 0.15) is 22.6 Å². The second-order valence-corrected chi connectivity index (χ2v) is 6.20. The van der Waals surface area contributed by atoms with Gasteiger partial charge >= 0.3 is 6.09 Å². The van der Waals surface area contributed by atoms with Crippen molar-refractivity contribution in [1.29, 1.82) is 0 Å². The number of carbonyl (C=O) groups excluding carboxylic acids is 1. The fourth-order valence-electron chi connectivity index (χ4n) is 3.22. The van der Waals surface area contributed by atoms with Crippen LogP contribution in [0.1, 0.15) is 24.6 Å². The molecule has 2 aliphatic rings. The molecular weight excluding hydrogens is 338 g/mol. The van der Waals surface area contributed by atoms with Gasteiger partial charge in [-0.2, -0.15) is 0 Å². The number of fused-ring (bicyclic) bond motifs is 2. The fraction of sp³-hybridized carbons (Fsp3) is 0.462. The van der Waals surface area contributed by atoms with Gasteiger partial charge in [-0.3, -0.25) is 4.40 Å². The fourth-order valence-corrected chi connectivity index (χ4v) is 3.79. The van der Waals surface area contributed by atoms with E-state index in [9.17, 15) is 4.79 Å². The molecule has 4 rings (SSSR count). The SMILES string of the molecule is Nc1nccn2c(C3CCC4COC(=O)N4C3)nc(Br)c12. The summed E-state index contributed by atoms with van der Waals surface area (Å²) in [5.41, 5.74) is 6.70. The minimum atomic E-state index is -0.217. The number of nitrogens with two attached hydrogens (primary N) is 1. The Labute approximate surface area is 129 Å². The Kier molecular flexibility index (Phi) is 2.81. The largest absolute Gasteiger partial charge is 0.447 e. The van der Waals surface area contributed by atoms with E-state index >= 15 is 0 Å². The number of ether oxygens (including phenoxy) is 1. The molecule has 2 atom stereocenters. The van der Waals surface area contributed by atoms with E-state index in [-0.39, 0.29) is 18.1 Å². The highest BCUT2D eigenvalue weighted by Crippen LogP contribution is 2.35. The van der Waals surface area contributed by atoms with Crippen molar-refractivity contribution in [2.24, 2.45) is 0 Å². The first kappa shape index (κ1) is 12.9. The first-order chi connectivity index (χ1) is 10.1. The molecular formula is C13H14BrN5O2. The molecule has 0 aliphatic carbocycles. The number of carbonyl (C=O) groups is 1. The molecule has 2 saturated heterocycles. The molecule has 2 N–H and O–H groups in total. The third-order valence-electron chi connectivity index (χ3n) is 4.27. The zero-order chi connectivity index (χ0) is 14.6. The van der Waals surface area contributed by atoms with Crippen LogP contribution >= 0.6 is 15.9 Å². The van der Waals surface area contributed by atoms with Gasteiger partial charge in [0.15, 0.2) is 5.82 Å². The molecule has 4 heterocycles. The van der Waals surface area contributed by atoms with Gasteiger partial charge < -0.3 is 15.4 Å². The van der Waals surface area contributed by atoms with Gasteiger partial charge in [-0.15, -0.1) is 0 Å². The van der Waals surface area contributed by atoms with Gasteiger partial charge in [0.2, 0.25) is 0 Å². The van der Waals surface area contributed by atoms with Crippen molar-refractivity contribution in [1.82, 2.24) is 19.3 Å². The zero-order valence-corrected chi connectivity index (χ0v) is 12.8. The molecule has 1 amide bonds. The third-order valence-corrected chi connectivity index (χ3v) is 4.83. The number of rotatable bonds is 1. The van der Waals surface area contributed by atoms with Gasteiger partial charge in [0, 0.05) is 24.9 Å². The molecule has 21 heavy (non-hydrogen) atoms. The van der Waals surface area contributed by atoms with Crippen LogP contribution in [0.25, 0.3) is 5.52 Å². The van der Waals surface area contributed by atoms with Crippen molar-refractivity contribution in [3.05, 3.63) is 22.8 Å². The summed E-state index contributed by atoms with van der Waals surface area (Å²) < 4.78 is 7.76. The molecule has 0 radical (unpaired) electrons. The lowest BCUT2D eigenvalue weighted by molar-refractivity contribution is 0.150. The third kappa shape index (κ3) is 1.89. The highest BCUT2D eigenvalue weighted by molar-refractivity contribution is 9.10. The molecule has 110 valence electrons. The average molecular weight is 352 g/mol. The lowest BCUT2D eigenvalue weighted by atomic mass is 9.93. The topological polar surface area (TPSA) is 85.8 Å². The summed E-state index contributed by atoms with van der Waals surface area (Å²) in [6.07, 6.45) is 5.21. The Bertz CT molecular complexity index is 731. The summed E-state index contributed by atoms with van der Waals surface area (Å²) >= 11 is 3.45. The summed E-state index contributed by atoms with van der Waals surface area (Å²) in [5, 5.41) is 0. The van der Waals surface area contributed by atoms with Gasteiger partial charge in [-0.05, 0) is 28.8 Å². The van der Waals surface area contributed by atoms with Gasteiger partial charge in [-0.1, -0.05) is 0 Å². The van der Waals surface area contributed by atoms with Crippen molar-refractivity contribution in [3.8, 4) is 0 Å². The van der Waals surface area contributed by atoms with Crippen molar-refractivity contribution in [3.63, 3.8) is 0 Å². The van der Waals surface area contributed by atoms with Crippen LogP contribution in [-0.2, 0) is 4.74 Å². The molecule has 2 fully saturated rings. The number of anilines is 1. The highest BCUT2D eigenvalue weighted by Gasteiger charge is 2.39. The predicted octanol–water partition coefficient (Wildman–Crippen LogP) is 1.77. The maximum Gasteiger partial charge on any atom is 0.410 e. The van der Waals surface area contributed by atoms with Crippen LogP contribution in [0.5, 0.6) is 0 Å². The summed E-state index contributed by atoms with van der Waals surface area (Å²) in [5.74, 6) is 1.52. The van der Waals surface area contributed by atoms with E-state index in [0.717, 1.165) is 24.2 Å². The van der Waals surface area contributed by atoms with Gasteiger partial charge in [-0.25, -0.2) is 14.8 Å². The van der Waals surface area contributed by atoms with Crippen LogP contribution in [0, 0.1) is 0 Å². The van der Waals surface area contributed by atoms with E-state index in [0.29, 0.717) is 23.6 Å². The number of cyclic esters (lactones) is 1. The number of nitrogens with zero attached hydrogens (tertiary/aromatic N) is 4. The monoisotopic (exact) mass is 351 g/mol. The van der Waals surface area contributed by atoms with Crippen LogP contribution in [-0.4, -0.2) is 44.6 Å². The normalized spacial score (nSPS) is 25.2. The Morgan fingerprint density at radius 2 is 2.29 bits per heavy atom. The van der Waals surface area contributed by atoms with E-state index < -0.39 is 0 Å². The molecule has 2 aliphatic heterocycles. The minimum Gasteiger partial charge on any atom is -0.447 e. The number of imidazole rings is 1. The Hall–Kier alpha value is -1.83. The number of piperidine rings is 1. The smallest absolute Gasteiger partial charge is 0.410 e. The molecule has 2 aromatic rings. The van der Waals surface area contributed by atoms with Crippen LogP contribution in [0.2, 0.25) is 0 Å². The van der Waals surface area contributed by atoms with E-state index in [4.69, 9.17) is 10.5 Å². The van der Waals surface area contributed by atoms with Gasteiger partial charge in [0.25, 0.3) is 0 Å². The number of halogens is 1. The Morgan fingerprint density at radius 3 is 3.14 bits per heavy atom. The van der Waals surface area contributed by atoms with Crippen LogP contribution in [0.4, 0.5) is 10.6 Å². The second-order valence-electron chi connectivity index (χ2n) is 5.45. The van der Waals surface area contributed by atoms with Gasteiger partial charge in [0.05, 0.1) is 6.04 Å². The lowest BCUT2D eigenvalue weighted by Gasteiger charge is -2.31. The number of hydrogen-bond acceptors (Lipinski definition) is 5. The number of amides is 1. The summed E-state index contributed by atoms with van der Waals surface area (Å²) in [6, 6.07) is 0.218. The van der Waals surface area contributed by atoms with Crippen molar-refractivity contribution in [2.75, 3.05) is 18.9 Å². The molecule has 0 bridgehead atoms. The number of nitrogen functional groups attached to an aromatic ring is 1. The molecule has 0 spiro atoms. The van der Waals surface area contributed by atoms with Crippen molar-refractivity contribution in [2.45, 2.75) is 24.8 Å². The molecule has 7 nitrogen and oxygen atoms in total. The molecule has 2 aromatic heterocycles. The molecule has 0 aromatic carbocycles. The summed E-state index contributed by atoms with van der Waals surface area (Å²) in [7, 11) is 0. The van der Waals surface area contributed by atoms with E-state index in [1.54, 1.807) is 6.20 Å². The quantitative estimate of drug-likeness (QED) is 0.846. The highest BCUT2D eigenvalue weighted by atomic mass is 79.9. The Balaban J connectivity index is 1.74. The maximum absolute atomic E-state index is 11.7. The standard InChI is InChI=1S/C13H14BrN5O2/c14-10-9-11(15)16-3-4-18(9)12(17-10)7-1-2-8-6-21-13(20)19(8)5-7/h3-4,7-8H,1-2,5-6H2,(H2,15,16). The molecule has 8 heteroatoms. The predicted molar refractivity (Wildman–Crippen MR) is 78.9 cm³/mol. The van der Waals surface area contributed by atoms with Crippen LogP contribution < -0.4 is 5.73 Å². The number of hydrogen-bond donors (Lipinski definition) is 1. The minimum absolute atomic E-state index is 0.174. The molecule has 2 unspecified atom stereocenters. The van der Waals surface area contributed by atoms with Crippen LogP contribution in [0.15, 0.2) is 17.0 Å². The lowest BCUT2D eigenvalue weighted by Crippen LogP contribution is -2.41. The first-order valence-corrected chi connectivity index (χ1v) is 7.66. The first-order valence-electron chi connectivity index (χ1n) is 6.86. The Morgan fingerprint density at radius 1 is 1.43 bits per heavy atom. The maximum atomic E-state index is 11.7. The van der Waals surface area contributed by atoms with Crippen molar-refractivity contribution >= 4 is 33.4 Å². The van der Waals surface area contributed by atoms with E-state index in [1.807, 2.05) is 15.5 Å². The zero-order valence-electron chi connectivity index (χ0n) is 11.2. The number of aromatic nitrogens is 3. The summed E-state index contributed by atoms with van der Waals surface area (Å²) in [6.45, 7) is 1.14. The average Bonchev–Trinajstić information content (AvgIpc) is 3.01. The molecule has 0 saturated carbocycles.